The maximum Gasteiger partial charge on any atom is 0.305 e. The molecule has 0 saturated heterocycles. The first-order valence-electron chi connectivity index (χ1n) is 3.73. The monoisotopic (exact) mass is 173 g/mol. The van der Waals surface area contributed by atoms with Crippen LogP contribution in [0.2, 0.25) is 0 Å². The third-order valence-corrected chi connectivity index (χ3v) is 1.96. The summed E-state index contributed by atoms with van der Waals surface area (Å²) in [6.07, 6.45) is -0.0386. The summed E-state index contributed by atoms with van der Waals surface area (Å²) in [4.78, 5) is 22.7. The highest BCUT2D eigenvalue weighted by atomic mass is 16.4. The van der Waals surface area contributed by atoms with Crippen LogP contribution in [-0.2, 0) is 9.59 Å². The molecule has 4 nitrogen and oxygen atoms in total. The molecule has 1 amide bonds. The number of amides is 1. The molecule has 0 aromatic carbocycles. The van der Waals surface area contributed by atoms with Gasteiger partial charge in [0.05, 0.1) is 6.42 Å². The van der Waals surface area contributed by atoms with Crippen molar-refractivity contribution < 1.29 is 14.7 Å². The van der Waals surface area contributed by atoms with Gasteiger partial charge in [0.25, 0.3) is 0 Å². The minimum atomic E-state index is -0.895. The lowest BCUT2D eigenvalue weighted by atomic mass is 9.99. The Kier molecular flexibility index (Phi) is 3.24. The number of hydrogen-bond acceptors (Lipinski definition) is 2. The molecule has 0 heterocycles. The number of rotatable bonds is 3. The van der Waals surface area contributed by atoms with Crippen LogP contribution < -0.4 is 0 Å². The third-order valence-electron chi connectivity index (χ3n) is 1.96. The summed E-state index contributed by atoms with van der Waals surface area (Å²) >= 11 is 0. The van der Waals surface area contributed by atoms with Crippen LogP contribution in [0.4, 0.5) is 0 Å². The van der Waals surface area contributed by atoms with Crippen molar-refractivity contribution in [2.75, 3.05) is 7.05 Å². The molecule has 4 heteroatoms. The second-order valence-electron chi connectivity index (χ2n) is 3.46. The molecule has 0 aliphatic rings. The normalized spacial score (nSPS) is 11.0. The molecule has 0 radical (unpaired) electrons. The quantitative estimate of drug-likeness (QED) is 0.684. The summed E-state index contributed by atoms with van der Waals surface area (Å²) in [5.74, 6) is -1.02. The van der Waals surface area contributed by atoms with Gasteiger partial charge in [0, 0.05) is 19.5 Å². The topological polar surface area (TPSA) is 57.6 Å². The molecule has 0 aromatic rings. The van der Waals surface area contributed by atoms with E-state index in [1.807, 2.05) is 0 Å². The first kappa shape index (κ1) is 10.9. The standard InChI is InChI=1S/C8H15NO3/c1-6(10)9(4)8(2,3)5-7(11)12/h5H2,1-4H3,(H,11,12). The molecule has 0 unspecified atom stereocenters. The predicted octanol–water partition coefficient (Wildman–Crippen LogP) is 0.718. The zero-order valence-electron chi connectivity index (χ0n) is 7.92. The van der Waals surface area contributed by atoms with Crippen molar-refractivity contribution in [1.82, 2.24) is 4.90 Å². The number of nitrogens with zero attached hydrogens (tertiary/aromatic N) is 1. The molecule has 0 saturated carbocycles. The van der Waals surface area contributed by atoms with Crippen LogP contribution in [0.5, 0.6) is 0 Å². The summed E-state index contributed by atoms with van der Waals surface area (Å²) in [5.41, 5.74) is -0.613. The third kappa shape index (κ3) is 2.90. The molecule has 0 spiro atoms. The summed E-state index contributed by atoms with van der Waals surface area (Å²) in [5, 5.41) is 8.54. The first-order valence-corrected chi connectivity index (χ1v) is 3.73. The van der Waals surface area contributed by atoms with E-state index in [4.69, 9.17) is 5.11 Å². The average Bonchev–Trinajstić information content (AvgIpc) is 1.82. The van der Waals surface area contributed by atoms with E-state index in [2.05, 4.69) is 0 Å². The molecular weight excluding hydrogens is 158 g/mol. The van der Waals surface area contributed by atoms with Crippen LogP contribution in [0.25, 0.3) is 0 Å². The van der Waals surface area contributed by atoms with Gasteiger partial charge in [-0.25, -0.2) is 0 Å². The molecule has 0 atom stereocenters. The number of carbonyl (C=O) groups is 2. The molecule has 12 heavy (non-hydrogen) atoms. The Morgan fingerprint density at radius 2 is 1.83 bits per heavy atom. The zero-order chi connectivity index (χ0) is 9.94. The number of carboxylic acids is 1. The van der Waals surface area contributed by atoms with E-state index in [1.54, 1.807) is 20.9 Å². The van der Waals surface area contributed by atoms with Crippen molar-refractivity contribution in [3.8, 4) is 0 Å². The highest BCUT2D eigenvalue weighted by molar-refractivity contribution is 5.75. The molecule has 0 rings (SSSR count). The number of carboxylic acid groups (broad SMARTS) is 1. The highest BCUT2D eigenvalue weighted by Crippen LogP contribution is 2.16. The van der Waals surface area contributed by atoms with Gasteiger partial charge in [0.2, 0.25) is 5.91 Å². The first-order chi connectivity index (χ1) is 5.27. The van der Waals surface area contributed by atoms with Gasteiger partial charge in [-0.1, -0.05) is 0 Å². The number of hydrogen-bond donors (Lipinski definition) is 1. The maximum absolute atomic E-state index is 10.9. The number of carbonyl (C=O) groups excluding carboxylic acids is 1. The molecule has 70 valence electrons. The Morgan fingerprint density at radius 1 is 1.42 bits per heavy atom. The molecular formula is C8H15NO3. The second-order valence-corrected chi connectivity index (χ2v) is 3.46. The maximum atomic E-state index is 10.9. The lowest BCUT2D eigenvalue weighted by Gasteiger charge is -2.33. The van der Waals surface area contributed by atoms with E-state index in [-0.39, 0.29) is 12.3 Å². The Balaban J connectivity index is 4.38. The van der Waals surface area contributed by atoms with Crippen molar-refractivity contribution in [2.45, 2.75) is 32.7 Å². The molecule has 0 aliphatic carbocycles. The van der Waals surface area contributed by atoms with Crippen LogP contribution in [-0.4, -0.2) is 34.5 Å². The van der Waals surface area contributed by atoms with Gasteiger partial charge >= 0.3 is 5.97 Å². The fourth-order valence-corrected chi connectivity index (χ4v) is 0.915. The van der Waals surface area contributed by atoms with E-state index in [9.17, 15) is 9.59 Å². The summed E-state index contributed by atoms with van der Waals surface area (Å²) < 4.78 is 0. The molecule has 0 bridgehead atoms. The second kappa shape index (κ2) is 3.56. The SMILES string of the molecule is CC(=O)N(C)C(C)(C)CC(=O)O. The minimum Gasteiger partial charge on any atom is -0.481 e. The number of aliphatic carboxylic acids is 1. The van der Waals surface area contributed by atoms with Crippen molar-refractivity contribution in [2.24, 2.45) is 0 Å². The predicted molar refractivity (Wildman–Crippen MR) is 44.8 cm³/mol. The lowest BCUT2D eigenvalue weighted by molar-refractivity contribution is -0.142. The van der Waals surface area contributed by atoms with Gasteiger partial charge in [-0.05, 0) is 13.8 Å². The van der Waals surface area contributed by atoms with Crippen LogP contribution in [0.1, 0.15) is 27.2 Å². The summed E-state index contributed by atoms with van der Waals surface area (Å²) in [7, 11) is 1.60. The smallest absolute Gasteiger partial charge is 0.305 e. The van der Waals surface area contributed by atoms with Crippen LogP contribution >= 0.6 is 0 Å². The van der Waals surface area contributed by atoms with E-state index in [0.717, 1.165) is 0 Å². The average molecular weight is 173 g/mol. The Hall–Kier alpha value is -1.06. The van der Waals surface area contributed by atoms with Gasteiger partial charge < -0.3 is 10.0 Å². The molecule has 0 aromatic heterocycles. The van der Waals surface area contributed by atoms with Crippen LogP contribution in [0.3, 0.4) is 0 Å². The zero-order valence-corrected chi connectivity index (χ0v) is 7.92. The Bertz CT molecular complexity index is 198. The van der Waals surface area contributed by atoms with Crippen molar-refractivity contribution in [3.63, 3.8) is 0 Å². The van der Waals surface area contributed by atoms with Gasteiger partial charge in [-0.2, -0.15) is 0 Å². The highest BCUT2D eigenvalue weighted by Gasteiger charge is 2.28. The van der Waals surface area contributed by atoms with E-state index < -0.39 is 11.5 Å². The molecule has 0 aliphatic heterocycles. The fraction of sp³-hybridized carbons (Fsp3) is 0.750. The van der Waals surface area contributed by atoms with Gasteiger partial charge in [0.15, 0.2) is 0 Å². The summed E-state index contributed by atoms with van der Waals surface area (Å²) in [6.45, 7) is 4.87. The Labute approximate surface area is 72.2 Å². The van der Waals surface area contributed by atoms with E-state index >= 15 is 0 Å². The van der Waals surface area contributed by atoms with Gasteiger partial charge in [-0.15, -0.1) is 0 Å². The largest absolute Gasteiger partial charge is 0.481 e. The molecule has 0 fully saturated rings. The van der Waals surface area contributed by atoms with Gasteiger partial charge in [-0.3, -0.25) is 9.59 Å². The fourth-order valence-electron chi connectivity index (χ4n) is 0.915. The van der Waals surface area contributed by atoms with E-state index in [1.165, 1.54) is 11.8 Å². The van der Waals surface area contributed by atoms with E-state index in [0.29, 0.717) is 0 Å². The minimum absolute atomic E-state index is 0.0386. The van der Waals surface area contributed by atoms with Crippen LogP contribution in [0, 0.1) is 0 Å². The van der Waals surface area contributed by atoms with Crippen molar-refractivity contribution in [1.29, 1.82) is 0 Å². The lowest BCUT2D eigenvalue weighted by Crippen LogP contribution is -2.45. The molecule has 1 N–H and O–H groups in total. The summed E-state index contributed by atoms with van der Waals surface area (Å²) in [6, 6.07) is 0. The van der Waals surface area contributed by atoms with Crippen molar-refractivity contribution >= 4 is 11.9 Å². The van der Waals surface area contributed by atoms with Crippen molar-refractivity contribution in [3.05, 3.63) is 0 Å². The Morgan fingerprint density at radius 3 is 2.08 bits per heavy atom. The van der Waals surface area contributed by atoms with Crippen LogP contribution in [0.15, 0.2) is 0 Å². The van der Waals surface area contributed by atoms with Gasteiger partial charge in [0.1, 0.15) is 0 Å².